The smallest absolute Gasteiger partial charge is 0.405 e. The molecule has 1 amide bonds. The first-order valence-corrected chi connectivity index (χ1v) is 9.53. The molecular weight excluding hydrogens is 397 g/mol. The number of anilines is 1. The van der Waals surface area contributed by atoms with Gasteiger partial charge in [0.25, 0.3) is 0 Å². The SMILES string of the molecule is CN=C(NCc1ccc(N2CCCC2=O)cc1)NCc1ccccc1OC(F)(F)F. The minimum absolute atomic E-state index is 0.113. The van der Waals surface area contributed by atoms with Gasteiger partial charge < -0.3 is 20.3 Å². The molecule has 1 aliphatic rings. The summed E-state index contributed by atoms with van der Waals surface area (Å²) in [6.45, 7) is 1.32. The molecule has 6 nitrogen and oxygen atoms in total. The zero-order valence-electron chi connectivity index (χ0n) is 16.5. The molecule has 0 radical (unpaired) electrons. The molecule has 0 atom stereocenters. The van der Waals surface area contributed by atoms with Gasteiger partial charge in [-0.1, -0.05) is 30.3 Å². The number of amides is 1. The number of rotatable bonds is 6. The summed E-state index contributed by atoms with van der Waals surface area (Å²) in [5.74, 6) is 0.330. The van der Waals surface area contributed by atoms with Gasteiger partial charge in [0, 0.05) is 44.4 Å². The van der Waals surface area contributed by atoms with Crippen LogP contribution in [0.4, 0.5) is 18.9 Å². The molecule has 160 valence electrons. The Labute approximate surface area is 172 Å². The third-order valence-electron chi connectivity index (χ3n) is 4.65. The van der Waals surface area contributed by atoms with E-state index in [9.17, 15) is 18.0 Å². The Balaban J connectivity index is 1.54. The summed E-state index contributed by atoms with van der Waals surface area (Å²) in [4.78, 5) is 17.7. The summed E-state index contributed by atoms with van der Waals surface area (Å²) in [6.07, 6.45) is -3.29. The second-order valence-electron chi connectivity index (χ2n) is 6.75. The second kappa shape index (κ2) is 9.51. The summed E-state index contributed by atoms with van der Waals surface area (Å²) in [5.41, 5.74) is 2.22. The van der Waals surface area contributed by atoms with Crippen molar-refractivity contribution in [2.75, 3.05) is 18.5 Å². The quantitative estimate of drug-likeness (QED) is 0.554. The van der Waals surface area contributed by atoms with Crippen LogP contribution >= 0.6 is 0 Å². The Morgan fingerprint density at radius 2 is 1.80 bits per heavy atom. The maximum atomic E-state index is 12.5. The zero-order valence-corrected chi connectivity index (χ0v) is 16.5. The predicted molar refractivity (Wildman–Crippen MR) is 108 cm³/mol. The second-order valence-corrected chi connectivity index (χ2v) is 6.75. The van der Waals surface area contributed by atoms with Crippen molar-refractivity contribution in [1.82, 2.24) is 10.6 Å². The lowest BCUT2D eigenvalue weighted by Crippen LogP contribution is -2.36. The van der Waals surface area contributed by atoms with Crippen LogP contribution in [-0.4, -0.2) is 31.8 Å². The van der Waals surface area contributed by atoms with Crippen LogP contribution in [0.5, 0.6) is 5.75 Å². The largest absolute Gasteiger partial charge is 0.573 e. The molecule has 2 aromatic rings. The number of hydrogen-bond acceptors (Lipinski definition) is 3. The van der Waals surface area contributed by atoms with Gasteiger partial charge in [0.05, 0.1) is 0 Å². The van der Waals surface area contributed by atoms with E-state index in [1.807, 2.05) is 24.3 Å². The number of benzene rings is 2. The molecular formula is C21H23F3N4O2. The monoisotopic (exact) mass is 420 g/mol. The van der Waals surface area contributed by atoms with E-state index >= 15 is 0 Å². The Morgan fingerprint density at radius 3 is 2.43 bits per heavy atom. The van der Waals surface area contributed by atoms with E-state index in [2.05, 4.69) is 20.4 Å². The lowest BCUT2D eigenvalue weighted by molar-refractivity contribution is -0.274. The molecule has 1 saturated heterocycles. The number of ether oxygens (including phenoxy) is 1. The van der Waals surface area contributed by atoms with Crippen LogP contribution < -0.4 is 20.3 Å². The number of aliphatic imine (C=N–C) groups is 1. The molecule has 2 N–H and O–H groups in total. The fraction of sp³-hybridized carbons (Fsp3) is 0.333. The van der Waals surface area contributed by atoms with E-state index in [0.29, 0.717) is 24.5 Å². The van der Waals surface area contributed by atoms with Gasteiger partial charge in [0.15, 0.2) is 5.96 Å². The van der Waals surface area contributed by atoms with Gasteiger partial charge in [-0.25, -0.2) is 0 Å². The van der Waals surface area contributed by atoms with Gasteiger partial charge in [-0.2, -0.15) is 0 Å². The highest BCUT2D eigenvalue weighted by molar-refractivity contribution is 5.95. The number of hydrogen-bond donors (Lipinski definition) is 2. The third kappa shape index (κ3) is 5.88. The molecule has 0 aromatic heterocycles. The van der Waals surface area contributed by atoms with Crippen LogP contribution in [0, 0.1) is 0 Å². The molecule has 1 fully saturated rings. The van der Waals surface area contributed by atoms with Gasteiger partial charge in [-0.3, -0.25) is 9.79 Å². The van der Waals surface area contributed by atoms with Crippen LogP contribution in [0.3, 0.4) is 0 Å². The van der Waals surface area contributed by atoms with Crippen LogP contribution in [-0.2, 0) is 17.9 Å². The summed E-state index contributed by atoms with van der Waals surface area (Å²) in [5, 5.41) is 6.10. The normalized spacial score (nSPS) is 14.7. The number of nitrogens with one attached hydrogen (secondary N) is 2. The predicted octanol–water partition coefficient (Wildman–Crippen LogP) is 3.58. The summed E-state index contributed by atoms with van der Waals surface area (Å²) >= 11 is 0. The minimum atomic E-state index is -4.75. The molecule has 1 heterocycles. The summed E-state index contributed by atoms with van der Waals surface area (Å²) < 4.78 is 41.7. The highest BCUT2D eigenvalue weighted by Gasteiger charge is 2.32. The lowest BCUT2D eigenvalue weighted by atomic mass is 10.2. The van der Waals surface area contributed by atoms with Crippen molar-refractivity contribution >= 4 is 17.6 Å². The molecule has 1 aliphatic heterocycles. The fourth-order valence-electron chi connectivity index (χ4n) is 3.17. The topological polar surface area (TPSA) is 66.0 Å². The van der Waals surface area contributed by atoms with Crippen molar-refractivity contribution < 1.29 is 22.7 Å². The molecule has 0 spiro atoms. The van der Waals surface area contributed by atoms with Crippen molar-refractivity contribution in [3.8, 4) is 5.75 Å². The van der Waals surface area contributed by atoms with Gasteiger partial charge in [-0.05, 0) is 30.2 Å². The Hall–Kier alpha value is -3.23. The van der Waals surface area contributed by atoms with Crippen LogP contribution in [0.2, 0.25) is 0 Å². The molecule has 0 aliphatic carbocycles. The zero-order chi connectivity index (χ0) is 21.6. The Kier molecular flexibility index (Phi) is 6.81. The van der Waals surface area contributed by atoms with Gasteiger partial charge in [0.1, 0.15) is 5.75 Å². The van der Waals surface area contributed by atoms with Gasteiger partial charge in [0.2, 0.25) is 5.91 Å². The summed E-state index contributed by atoms with van der Waals surface area (Å²) in [7, 11) is 1.58. The van der Waals surface area contributed by atoms with E-state index in [4.69, 9.17) is 0 Å². The van der Waals surface area contributed by atoms with E-state index in [1.54, 1.807) is 24.1 Å². The Morgan fingerprint density at radius 1 is 1.10 bits per heavy atom. The summed E-state index contributed by atoms with van der Waals surface area (Å²) in [6, 6.07) is 13.6. The van der Waals surface area contributed by atoms with Crippen LogP contribution in [0.25, 0.3) is 0 Å². The highest BCUT2D eigenvalue weighted by atomic mass is 19.4. The maximum Gasteiger partial charge on any atom is 0.573 e. The van der Waals surface area contributed by atoms with E-state index in [0.717, 1.165) is 24.2 Å². The van der Waals surface area contributed by atoms with Crippen LogP contribution in [0.15, 0.2) is 53.5 Å². The van der Waals surface area contributed by atoms with Gasteiger partial charge >= 0.3 is 6.36 Å². The fourth-order valence-corrected chi connectivity index (χ4v) is 3.17. The molecule has 0 saturated carbocycles. The van der Waals surface area contributed by atoms with E-state index in [1.165, 1.54) is 12.1 Å². The molecule has 9 heteroatoms. The van der Waals surface area contributed by atoms with E-state index in [-0.39, 0.29) is 18.2 Å². The number of para-hydroxylation sites is 1. The minimum Gasteiger partial charge on any atom is -0.405 e. The van der Waals surface area contributed by atoms with Crippen molar-refractivity contribution in [2.45, 2.75) is 32.3 Å². The van der Waals surface area contributed by atoms with Crippen molar-refractivity contribution in [2.24, 2.45) is 4.99 Å². The molecule has 30 heavy (non-hydrogen) atoms. The number of guanidine groups is 1. The van der Waals surface area contributed by atoms with E-state index < -0.39 is 6.36 Å². The number of carbonyl (C=O) groups is 1. The highest BCUT2D eigenvalue weighted by Crippen LogP contribution is 2.26. The first-order valence-electron chi connectivity index (χ1n) is 9.53. The number of halogens is 3. The Bertz CT molecular complexity index is 898. The first-order chi connectivity index (χ1) is 14.4. The standard InChI is InChI=1S/C21H23F3N4O2/c1-25-20(27-14-16-5-2-3-6-18(16)30-21(22,23)24)26-13-15-8-10-17(11-9-15)28-12-4-7-19(28)29/h2-3,5-6,8-11H,4,7,12-14H2,1H3,(H2,25,26,27). The van der Waals surface area contributed by atoms with Gasteiger partial charge in [-0.15, -0.1) is 13.2 Å². The molecule has 3 rings (SSSR count). The average molecular weight is 420 g/mol. The van der Waals surface area contributed by atoms with Crippen LogP contribution in [0.1, 0.15) is 24.0 Å². The molecule has 0 bridgehead atoms. The van der Waals surface area contributed by atoms with Crippen molar-refractivity contribution in [1.29, 1.82) is 0 Å². The van der Waals surface area contributed by atoms with Crippen molar-refractivity contribution in [3.63, 3.8) is 0 Å². The maximum absolute atomic E-state index is 12.5. The number of alkyl halides is 3. The number of carbonyl (C=O) groups excluding carboxylic acids is 1. The average Bonchev–Trinajstić information content (AvgIpc) is 3.14. The molecule has 0 unspecified atom stereocenters. The number of nitrogens with zero attached hydrogens (tertiary/aromatic N) is 2. The van der Waals surface area contributed by atoms with Crippen molar-refractivity contribution in [3.05, 3.63) is 59.7 Å². The third-order valence-corrected chi connectivity index (χ3v) is 4.65. The lowest BCUT2D eigenvalue weighted by Gasteiger charge is -2.17. The first kappa shape index (κ1) is 21.5. The molecule has 2 aromatic carbocycles.